The number of aldehydes is 1. The molecule has 2 aromatic rings. The minimum absolute atomic E-state index is 0.538. The molecule has 0 spiro atoms. The molecule has 0 saturated carbocycles. The standard InChI is InChI=1S/C11H10ClNO/c12-10-3-1-4-11-9(10)5-7-13(11)6-2-8-14/h1,3-5,7-8H,2,6H2. The number of hydrogen-bond donors (Lipinski definition) is 0. The molecule has 0 aliphatic carbocycles. The van der Waals surface area contributed by atoms with Crippen LogP contribution in [0.25, 0.3) is 10.9 Å². The fourth-order valence-corrected chi connectivity index (χ4v) is 1.81. The minimum atomic E-state index is 0.538. The van der Waals surface area contributed by atoms with Gasteiger partial charge in [-0.15, -0.1) is 0 Å². The lowest BCUT2D eigenvalue weighted by molar-refractivity contribution is -0.108. The molecule has 0 radical (unpaired) electrons. The van der Waals surface area contributed by atoms with E-state index >= 15 is 0 Å². The van der Waals surface area contributed by atoms with E-state index < -0.39 is 0 Å². The zero-order valence-electron chi connectivity index (χ0n) is 7.61. The van der Waals surface area contributed by atoms with E-state index in [9.17, 15) is 4.79 Å². The summed E-state index contributed by atoms with van der Waals surface area (Å²) in [5.74, 6) is 0. The van der Waals surface area contributed by atoms with Crippen molar-refractivity contribution in [3.8, 4) is 0 Å². The first-order valence-electron chi connectivity index (χ1n) is 4.50. The average Bonchev–Trinajstić information content (AvgIpc) is 2.60. The van der Waals surface area contributed by atoms with Gasteiger partial charge in [0, 0.05) is 35.1 Å². The molecule has 0 atom stereocenters. The molecule has 14 heavy (non-hydrogen) atoms. The number of aryl methyl sites for hydroxylation is 1. The Morgan fingerprint density at radius 3 is 3.00 bits per heavy atom. The predicted octanol–water partition coefficient (Wildman–Crippen LogP) is 2.88. The number of halogens is 1. The number of aromatic nitrogens is 1. The van der Waals surface area contributed by atoms with Crippen LogP contribution in [-0.4, -0.2) is 10.9 Å². The van der Waals surface area contributed by atoms with E-state index in [2.05, 4.69) is 0 Å². The number of carbonyl (C=O) groups excluding carboxylic acids is 1. The van der Waals surface area contributed by atoms with Crippen LogP contribution in [0.4, 0.5) is 0 Å². The van der Waals surface area contributed by atoms with Crippen molar-refractivity contribution in [2.45, 2.75) is 13.0 Å². The minimum Gasteiger partial charge on any atom is -0.347 e. The molecule has 0 N–H and O–H groups in total. The first-order chi connectivity index (χ1) is 6.83. The molecule has 0 amide bonds. The molecule has 0 saturated heterocycles. The van der Waals surface area contributed by atoms with Crippen LogP contribution in [0.1, 0.15) is 6.42 Å². The van der Waals surface area contributed by atoms with Gasteiger partial charge >= 0.3 is 0 Å². The van der Waals surface area contributed by atoms with E-state index in [1.54, 1.807) is 0 Å². The van der Waals surface area contributed by atoms with Crippen LogP contribution < -0.4 is 0 Å². The number of carbonyl (C=O) groups is 1. The maximum atomic E-state index is 10.3. The molecule has 72 valence electrons. The van der Waals surface area contributed by atoms with Gasteiger partial charge in [0.25, 0.3) is 0 Å². The number of rotatable bonds is 3. The monoisotopic (exact) mass is 207 g/mol. The van der Waals surface area contributed by atoms with Gasteiger partial charge in [-0.2, -0.15) is 0 Å². The second kappa shape index (κ2) is 3.84. The average molecular weight is 208 g/mol. The summed E-state index contributed by atoms with van der Waals surface area (Å²) in [4.78, 5) is 10.3. The molecule has 1 aromatic carbocycles. The van der Waals surface area contributed by atoms with Crippen LogP contribution in [0.3, 0.4) is 0 Å². The van der Waals surface area contributed by atoms with Gasteiger partial charge < -0.3 is 9.36 Å². The van der Waals surface area contributed by atoms with Crippen LogP contribution in [-0.2, 0) is 11.3 Å². The van der Waals surface area contributed by atoms with E-state index in [0.29, 0.717) is 13.0 Å². The van der Waals surface area contributed by atoms with Crippen LogP contribution in [0.5, 0.6) is 0 Å². The summed E-state index contributed by atoms with van der Waals surface area (Å²) in [6.07, 6.45) is 3.42. The van der Waals surface area contributed by atoms with Gasteiger partial charge in [-0.3, -0.25) is 0 Å². The second-order valence-corrected chi connectivity index (χ2v) is 3.54. The lowest BCUT2D eigenvalue weighted by atomic mass is 10.2. The Morgan fingerprint density at radius 1 is 1.36 bits per heavy atom. The van der Waals surface area contributed by atoms with Gasteiger partial charge in [-0.25, -0.2) is 0 Å². The zero-order chi connectivity index (χ0) is 9.97. The topological polar surface area (TPSA) is 22.0 Å². The fourth-order valence-electron chi connectivity index (χ4n) is 1.57. The molecule has 2 nitrogen and oxygen atoms in total. The lowest BCUT2D eigenvalue weighted by Crippen LogP contribution is -1.95. The van der Waals surface area contributed by atoms with Crippen molar-refractivity contribution in [2.24, 2.45) is 0 Å². The molecule has 1 aromatic heterocycles. The smallest absolute Gasteiger partial charge is 0.121 e. The van der Waals surface area contributed by atoms with E-state index in [0.717, 1.165) is 22.2 Å². The first-order valence-corrected chi connectivity index (χ1v) is 4.87. The number of benzene rings is 1. The Balaban J connectivity index is 2.47. The van der Waals surface area contributed by atoms with Crippen molar-refractivity contribution in [1.29, 1.82) is 0 Å². The molecule has 1 heterocycles. The van der Waals surface area contributed by atoms with Crippen molar-refractivity contribution in [3.63, 3.8) is 0 Å². The molecule has 0 bridgehead atoms. The van der Waals surface area contributed by atoms with E-state index in [1.807, 2.05) is 35.0 Å². The van der Waals surface area contributed by atoms with E-state index in [1.165, 1.54) is 0 Å². The van der Waals surface area contributed by atoms with Gasteiger partial charge in [0.1, 0.15) is 6.29 Å². The molecule has 0 aliphatic rings. The Hall–Kier alpha value is -1.28. The van der Waals surface area contributed by atoms with Crippen LogP contribution in [0.2, 0.25) is 5.02 Å². The largest absolute Gasteiger partial charge is 0.347 e. The van der Waals surface area contributed by atoms with Gasteiger partial charge in [-0.1, -0.05) is 17.7 Å². The van der Waals surface area contributed by atoms with Crippen LogP contribution in [0, 0.1) is 0 Å². The summed E-state index contributed by atoms with van der Waals surface area (Å²) >= 11 is 6.02. The maximum absolute atomic E-state index is 10.3. The summed E-state index contributed by atoms with van der Waals surface area (Å²) in [5, 5.41) is 1.80. The SMILES string of the molecule is O=CCCn1ccc2c(Cl)cccc21. The van der Waals surface area contributed by atoms with E-state index in [4.69, 9.17) is 11.6 Å². The van der Waals surface area contributed by atoms with Gasteiger partial charge in [0.2, 0.25) is 0 Å². The third kappa shape index (κ3) is 1.53. The number of fused-ring (bicyclic) bond motifs is 1. The van der Waals surface area contributed by atoms with Gasteiger partial charge in [-0.05, 0) is 18.2 Å². The quantitative estimate of drug-likeness (QED) is 0.710. The van der Waals surface area contributed by atoms with Crippen LogP contribution in [0.15, 0.2) is 30.5 Å². The molecular weight excluding hydrogens is 198 g/mol. The highest BCUT2D eigenvalue weighted by molar-refractivity contribution is 6.35. The Morgan fingerprint density at radius 2 is 2.21 bits per heavy atom. The molecular formula is C11H10ClNO. The van der Waals surface area contributed by atoms with Crippen molar-refractivity contribution < 1.29 is 4.79 Å². The Kier molecular flexibility index (Phi) is 2.55. The third-order valence-electron chi connectivity index (χ3n) is 2.25. The summed E-state index contributed by atoms with van der Waals surface area (Å²) in [7, 11) is 0. The van der Waals surface area contributed by atoms with Crippen molar-refractivity contribution in [2.75, 3.05) is 0 Å². The Labute approximate surface area is 87.1 Å². The maximum Gasteiger partial charge on any atom is 0.121 e. The molecule has 2 rings (SSSR count). The second-order valence-electron chi connectivity index (χ2n) is 3.14. The number of nitrogens with zero attached hydrogens (tertiary/aromatic N) is 1. The molecule has 0 fully saturated rings. The highest BCUT2D eigenvalue weighted by Crippen LogP contribution is 2.24. The number of hydrogen-bond acceptors (Lipinski definition) is 1. The predicted molar refractivity (Wildman–Crippen MR) is 57.6 cm³/mol. The van der Waals surface area contributed by atoms with Gasteiger partial charge in [0.15, 0.2) is 0 Å². The summed E-state index contributed by atoms with van der Waals surface area (Å²) < 4.78 is 2.04. The molecule has 3 heteroatoms. The summed E-state index contributed by atoms with van der Waals surface area (Å²) in [6.45, 7) is 0.716. The lowest BCUT2D eigenvalue weighted by Gasteiger charge is -2.01. The highest BCUT2D eigenvalue weighted by atomic mass is 35.5. The normalized spacial score (nSPS) is 10.6. The van der Waals surface area contributed by atoms with Gasteiger partial charge in [0.05, 0.1) is 0 Å². The first kappa shape index (κ1) is 9.28. The zero-order valence-corrected chi connectivity index (χ0v) is 8.37. The van der Waals surface area contributed by atoms with Crippen molar-refractivity contribution in [1.82, 2.24) is 4.57 Å². The van der Waals surface area contributed by atoms with Crippen molar-refractivity contribution >= 4 is 28.8 Å². The third-order valence-corrected chi connectivity index (χ3v) is 2.58. The molecule has 0 unspecified atom stereocenters. The van der Waals surface area contributed by atoms with E-state index in [-0.39, 0.29) is 0 Å². The van der Waals surface area contributed by atoms with Crippen molar-refractivity contribution in [3.05, 3.63) is 35.5 Å². The summed E-state index contributed by atoms with van der Waals surface area (Å²) in [5.41, 5.74) is 1.08. The molecule has 0 aliphatic heterocycles. The fraction of sp³-hybridized carbons (Fsp3) is 0.182. The summed E-state index contributed by atoms with van der Waals surface area (Å²) in [6, 6.07) is 7.77. The highest BCUT2D eigenvalue weighted by Gasteiger charge is 2.02. The van der Waals surface area contributed by atoms with Crippen LogP contribution >= 0.6 is 11.6 Å². The Bertz CT molecular complexity index is 461.